The Labute approximate surface area is 173 Å². The van der Waals surface area contributed by atoms with E-state index in [1.807, 2.05) is 4.90 Å². The van der Waals surface area contributed by atoms with Crippen molar-refractivity contribution in [2.24, 2.45) is 0 Å². The SMILES string of the molecule is FC(F)(F)c1cccc(CCN2CCN(c3ccc4nnc(C(F)(F)F)n4c3)CC2)c1. The van der Waals surface area contributed by atoms with Gasteiger partial charge in [0.25, 0.3) is 0 Å². The van der Waals surface area contributed by atoms with Crippen LogP contribution in [0.1, 0.15) is 17.0 Å². The average molecular weight is 443 g/mol. The monoisotopic (exact) mass is 443 g/mol. The van der Waals surface area contributed by atoms with Crippen molar-refractivity contribution in [3.8, 4) is 0 Å². The van der Waals surface area contributed by atoms with Crippen molar-refractivity contribution in [3.05, 3.63) is 59.5 Å². The number of halogens is 6. The quantitative estimate of drug-likeness (QED) is 0.569. The van der Waals surface area contributed by atoms with Crippen molar-refractivity contribution in [1.82, 2.24) is 19.5 Å². The summed E-state index contributed by atoms with van der Waals surface area (Å²) < 4.78 is 78.7. The number of pyridine rings is 1. The first-order valence-corrected chi connectivity index (χ1v) is 9.67. The van der Waals surface area contributed by atoms with Gasteiger partial charge in [-0.3, -0.25) is 9.30 Å². The molecule has 11 heteroatoms. The van der Waals surface area contributed by atoms with Gasteiger partial charge in [0.05, 0.1) is 11.3 Å². The zero-order valence-electron chi connectivity index (χ0n) is 16.3. The van der Waals surface area contributed by atoms with E-state index in [0.717, 1.165) is 10.5 Å². The van der Waals surface area contributed by atoms with Gasteiger partial charge >= 0.3 is 12.4 Å². The molecule has 4 rings (SSSR count). The molecule has 0 bridgehead atoms. The Kier molecular flexibility index (Phi) is 5.54. The van der Waals surface area contributed by atoms with Gasteiger partial charge in [-0.1, -0.05) is 18.2 Å². The molecule has 0 atom stereocenters. The number of fused-ring (bicyclic) bond motifs is 1. The van der Waals surface area contributed by atoms with E-state index in [-0.39, 0.29) is 5.65 Å². The summed E-state index contributed by atoms with van der Waals surface area (Å²) in [4.78, 5) is 4.11. The fraction of sp³-hybridized carbons (Fsp3) is 0.400. The lowest BCUT2D eigenvalue weighted by molar-refractivity contribution is -0.145. The summed E-state index contributed by atoms with van der Waals surface area (Å²) in [5.41, 5.74) is 0.721. The lowest BCUT2D eigenvalue weighted by atomic mass is 10.1. The maximum absolute atomic E-state index is 13.1. The van der Waals surface area contributed by atoms with Gasteiger partial charge in [0, 0.05) is 38.9 Å². The molecule has 1 aliphatic heterocycles. The van der Waals surface area contributed by atoms with Gasteiger partial charge in [0.15, 0.2) is 5.65 Å². The Morgan fingerprint density at radius 1 is 0.839 bits per heavy atom. The minimum Gasteiger partial charge on any atom is -0.368 e. The summed E-state index contributed by atoms with van der Waals surface area (Å²) in [5.74, 6) is -1.07. The number of nitrogens with zero attached hydrogens (tertiary/aromatic N) is 5. The van der Waals surface area contributed by atoms with Gasteiger partial charge < -0.3 is 4.90 Å². The molecule has 1 aromatic carbocycles. The predicted octanol–water partition coefficient (Wildman–Crippen LogP) is 4.13. The summed E-state index contributed by atoms with van der Waals surface area (Å²) in [5, 5.41) is 6.78. The second-order valence-electron chi connectivity index (χ2n) is 7.41. The maximum atomic E-state index is 13.1. The third-order valence-electron chi connectivity index (χ3n) is 5.35. The number of benzene rings is 1. The molecule has 0 spiro atoms. The van der Waals surface area contributed by atoms with Crippen LogP contribution < -0.4 is 4.90 Å². The molecule has 3 aromatic rings. The van der Waals surface area contributed by atoms with Crippen LogP contribution in [0.4, 0.5) is 32.0 Å². The van der Waals surface area contributed by atoms with Crippen LogP contribution in [-0.4, -0.2) is 52.2 Å². The molecular weight excluding hydrogens is 424 g/mol. The second-order valence-corrected chi connectivity index (χ2v) is 7.41. The molecule has 0 N–H and O–H groups in total. The molecular formula is C20H19F6N5. The number of anilines is 1. The highest BCUT2D eigenvalue weighted by molar-refractivity contribution is 5.52. The lowest BCUT2D eigenvalue weighted by Gasteiger charge is -2.36. The van der Waals surface area contributed by atoms with Crippen molar-refractivity contribution >= 4 is 11.3 Å². The highest BCUT2D eigenvalue weighted by atomic mass is 19.4. The molecule has 0 aliphatic carbocycles. The van der Waals surface area contributed by atoms with Gasteiger partial charge in [-0.25, -0.2) is 0 Å². The van der Waals surface area contributed by atoms with Crippen molar-refractivity contribution < 1.29 is 26.3 Å². The topological polar surface area (TPSA) is 36.7 Å². The first-order valence-electron chi connectivity index (χ1n) is 9.67. The van der Waals surface area contributed by atoms with Crippen LogP contribution in [0.3, 0.4) is 0 Å². The molecule has 1 aliphatic rings. The molecule has 2 aromatic heterocycles. The third-order valence-corrected chi connectivity index (χ3v) is 5.35. The number of rotatable bonds is 4. The van der Waals surface area contributed by atoms with Crippen LogP contribution in [-0.2, 0) is 18.8 Å². The smallest absolute Gasteiger partial charge is 0.368 e. The Morgan fingerprint density at radius 2 is 1.58 bits per heavy atom. The summed E-state index contributed by atoms with van der Waals surface area (Å²) >= 11 is 0. The van der Waals surface area contributed by atoms with E-state index < -0.39 is 23.7 Å². The summed E-state index contributed by atoms with van der Waals surface area (Å²) in [6.07, 6.45) is -7.08. The number of aromatic nitrogens is 3. The zero-order chi connectivity index (χ0) is 22.2. The first kappa shape index (κ1) is 21.4. The summed E-state index contributed by atoms with van der Waals surface area (Å²) in [7, 11) is 0. The van der Waals surface area contributed by atoms with E-state index >= 15 is 0 Å². The maximum Gasteiger partial charge on any atom is 0.452 e. The Balaban J connectivity index is 1.37. The second kappa shape index (κ2) is 8.03. The summed E-state index contributed by atoms with van der Waals surface area (Å²) in [6.45, 7) is 3.11. The normalized spacial score (nSPS) is 16.3. The van der Waals surface area contributed by atoms with Crippen LogP contribution in [0.2, 0.25) is 0 Å². The van der Waals surface area contributed by atoms with Gasteiger partial charge in [-0.15, -0.1) is 10.2 Å². The molecule has 0 unspecified atom stereocenters. The molecule has 166 valence electrons. The van der Waals surface area contributed by atoms with E-state index in [9.17, 15) is 26.3 Å². The molecule has 0 radical (unpaired) electrons. The first-order chi connectivity index (χ1) is 14.6. The molecule has 0 saturated carbocycles. The number of hydrogen-bond acceptors (Lipinski definition) is 4. The molecule has 0 amide bonds. The molecule has 31 heavy (non-hydrogen) atoms. The average Bonchev–Trinajstić information content (AvgIpc) is 3.16. The number of piperazine rings is 1. The fourth-order valence-corrected chi connectivity index (χ4v) is 3.68. The van der Waals surface area contributed by atoms with Crippen molar-refractivity contribution in [1.29, 1.82) is 0 Å². The van der Waals surface area contributed by atoms with Crippen molar-refractivity contribution in [2.75, 3.05) is 37.6 Å². The zero-order valence-corrected chi connectivity index (χ0v) is 16.3. The highest BCUT2D eigenvalue weighted by Gasteiger charge is 2.37. The Bertz CT molecular complexity index is 1050. The van der Waals surface area contributed by atoms with Crippen LogP contribution in [0.25, 0.3) is 5.65 Å². The minimum atomic E-state index is -4.60. The van der Waals surface area contributed by atoms with Crippen molar-refractivity contribution in [2.45, 2.75) is 18.8 Å². The molecule has 1 fully saturated rings. The van der Waals surface area contributed by atoms with E-state index in [1.54, 1.807) is 12.1 Å². The number of alkyl halides is 6. The predicted molar refractivity (Wildman–Crippen MR) is 102 cm³/mol. The molecule has 3 heterocycles. The lowest BCUT2D eigenvalue weighted by Crippen LogP contribution is -2.47. The van der Waals surface area contributed by atoms with Crippen LogP contribution in [0.5, 0.6) is 0 Å². The third kappa shape index (κ3) is 4.76. The van der Waals surface area contributed by atoms with Crippen LogP contribution >= 0.6 is 0 Å². The highest BCUT2D eigenvalue weighted by Crippen LogP contribution is 2.30. The Hall–Kier alpha value is -2.82. The van der Waals surface area contributed by atoms with E-state index in [0.29, 0.717) is 50.4 Å². The van der Waals surface area contributed by atoms with Gasteiger partial charge in [-0.2, -0.15) is 26.3 Å². The van der Waals surface area contributed by atoms with E-state index in [2.05, 4.69) is 15.1 Å². The van der Waals surface area contributed by atoms with E-state index in [4.69, 9.17) is 0 Å². The van der Waals surface area contributed by atoms with Gasteiger partial charge in [-0.05, 0) is 30.2 Å². The standard InChI is InChI=1S/C20H19F6N5/c21-19(22,23)15-3-1-2-14(12-15)6-7-29-8-10-30(11-9-29)16-4-5-17-27-28-18(20(24,25)26)31(17)13-16/h1-5,12-13H,6-11H2. The van der Waals surface area contributed by atoms with Gasteiger partial charge in [0.1, 0.15) is 0 Å². The molecule has 5 nitrogen and oxygen atoms in total. The van der Waals surface area contributed by atoms with Crippen LogP contribution in [0.15, 0.2) is 42.6 Å². The minimum absolute atomic E-state index is 0.121. The Morgan fingerprint density at radius 3 is 2.26 bits per heavy atom. The van der Waals surface area contributed by atoms with Crippen molar-refractivity contribution in [3.63, 3.8) is 0 Å². The van der Waals surface area contributed by atoms with Crippen LogP contribution in [0, 0.1) is 0 Å². The fourth-order valence-electron chi connectivity index (χ4n) is 3.68. The van der Waals surface area contributed by atoms with Gasteiger partial charge in [0.2, 0.25) is 5.82 Å². The van der Waals surface area contributed by atoms with E-state index in [1.165, 1.54) is 24.4 Å². The number of hydrogen-bond donors (Lipinski definition) is 0. The summed E-state index contributed by atoms with van der Waals surface area (Å²) in [6, 6.07) is 8.52. The molecule has 1 saturated heterocycles. The largest absolute Gasteiger partial charge is 0.452 e.